The molecule has 0 unspecified atom stereocenters. The molecule has 228 valence electrons. The van der Waals surface area contributed by atoms with Crippen molar-refractivity contribution in [2.24, 2.45) is 38.8 Å². The van der Waals surface area contributed by atoms with E-state index in [-0.39, 0.29) is 36.0 Å². The van der Waals surface area contributed by atoms with Crippen LogP contribution in [0.2, 0.25) is 0 Å². The first-order valence-corrected chi connectivity index (χ1v) is 14.0. The van der Waals surface area contributed by atoms with Gasteiger partial charge in [0.2, 0.25) is 18.2 Å². The van der Waals surface area contributed by atoms with Crippen molar-refractivity contribution in [1.29, 1.82) is 0 Å². The number of carbonyl (C=O) groups excluding carboxylic acids is 3. The monoisotopic (exact) mass is 593 g/mol. The van der Waals surface area contributed by atoms with Crippen molar-refractivity contribution in [2.45, 2.75) is 63.6 Å². The molecule has 12 N–H and O–H groups in total. The van der Waals surface area contributed by atoms with Crippen LogP contribution >= 0.6 is 12.6 Å². The van der Waals surface area contributed by atoms with Crippen molar-refractivity contribution in [2.75, 3.05) is 18.8 Å². The number of thiol groups is 1. The molecule has 3 atom stereocenters. The summed E-state index contributed by atoms with van der Waals surface area (Å²) in [5.41, 5.74) is 23.3. The third kappa shape index (κ3) is 16.0. The first-order valence-electron chi connectivity index (χ1n) is 13.3. The Bertz CT molecular complexity index is 1030. The SMILES string of the molecule is NC(N)=NCCC[C@@H](CC[C@@H](CCCN=C(N)N)C(=O)N[C@@H](CS)C(=O)O)NC(=O)Cc1ccc(CNC=O)cc1. The van der Waals surface area contributed by atoms with Crippen LogP contribution in [-0.4, -0.2) is 72.1 Å². The molecule has 14 nitrogen and oxygen atoms in total. The summed E-state index contributed by atoms with van der Waals surface area (Å²) in [6.07, 6.45) is 3.71. The molecule has 0 aliphatic heterocycles. The van der Waals surface area contributed by atoms with Crippen LogP contribution in [0.15, 0.2) is 34.3 Å². The van der Waals surface area contributed by atoms with Gasteiger partial charge >= 0.3 is 5.97 Å². The third-order valence-corrected chi connectivity index (χ3v) is 6.55. The lowest BCUT2D eigenvalue weighted by Gasteiger charge is -2.23. The number of amides is 3. The van der Waals surface area contributed by atoms with Crippen LogP contribution in [0.25, 0.3) is 0 Å². The zero-order valence-corrected chi connectivity index (χ0v) is 24.0. The lowest BCUT2D eigenvalue weighted by atomic mass is 9.92. The predicted molar refractivity (Wildman–Crippen MR) is 161 cm³/mol. The fourth-order valence-corrected chi connectivity index (χ4v) is 4.31. The summed E-state index contributed by atoms with van der Waals surface area (Å²) in [4.78, 5) is 55.7. The van der Waals surface area contributed by atoms with E-state index in [1.54, 1.807) is 0 Å². The molecule has 0 aliphatic rings. The van der Waals surface area contributed by atoms with Crippen LogP contribution in [0.4, 0.5) is 0 Å². The second-order valence-corrected chi connectivity index (χ2v) is 9.88. The summed E-state index contributed by atoms with van der Waals surface area (Å²) in [6.45, 7) is 1.11. The summed E-state index contributed by atoms with van der Waals surface area (Å²) in [5, 5.41) is 17.5. The molecule has 3 amide bonds. The van der Waals surface area contributed by atoms with Gasteiger partial charge in [-0.25, -0.2) is 4.79 Å². The molecule has 0 heterocycles. The molecule has 0 saturated heterocycles. The highest BCUT2D eigenvalue weighted by molar-refractivity contribution is 7.80. The maximum Gasteiger partial charge on any atom is 0.327 e. The summed E-state index contributed by atoms with van der Waals surface area (Å²) in [7, 11) is 0. The van der Waals surface area contributed by atoms with Crippen LogP contribution in [0.1, 0.15) is 49.7 Å². The minimum atomic E-state index is -1.18. The number of nitrogens with zero attached hydrogens (tertiary/aromatic N) is 2. The van der Waals surface area contributed by atoms with Gasteiger partial charge in [0.15, 0.2) is 11.9 Å². The summed E-state index contributed by atoms with van der Waals surface area (Å²) < 4.78 is 0. The van der Waals surface area contributed by atoms with Crippen molar-refractivity contribution in [3.05, 3.63) is 35.4 Å². The summed E-state index contributed by atoms with van der Waals surface area (Å²) >= 11 is 4.02. The van der Waals surface area contributed by atoms with Gasteiger partial charge in [0.1, 0.15) is 6.04 Å². The van der Waals surface area contributed by atoms with Gasteiger partial charge in [0.05, 0.1) is 6.42 Å². The number of rotatable bonds is 21. The Morgan fingerprint density at radius 2 is 1.46 bits per heavy atom. The lowest BCUT2D eigenvalue weighted by Crippen LogP contribution is -2.45. The first kappa shape index (κ1) is 35.0. The van der Waals surface area contributed by atoms with Gasteiger partial charge in [-0.15, -0.1) is 0 Å². The number of nitrogens with one attached hydrogen (secondary N) is 3. The molecule has 1 rings (SSSR count). The van der Waals surface area contributed by atoms with E-state index in [4.69, 9.17) is 22.9 Å². The molecule has 1 aromatic carbocycles. The van der Waals surface area contributed by atoms with E-state index in [0.29, 0.717) is 64.6 Å². The van der Waals surface area contributed by atoms with Crippen LogP contribution in [0.5, 0.6) is 0 Å². The zero-order valence-electron chi connectivity index (χ0n) is 23.1. The van der Waals surface area contributed by atoms with Gasteiger partial charge in [-0.3, -0.25) is 24.4 Å². The minimum Gasteiger partial charge on any atom is -0.480 e. The highest BCUT2D eigenvalue weighted by Crippen LogP contribution is 2.18. The van der Waals surface area contributed by atoms with Gasteiger partial charge in [0.25, 0.3) is 0 Å². The van der Waals surface area contributed by atoms with E-state index in [1.807, 2.05) is 24.3 Å². The highest BCUT2D eigenvalue weighted by Gasteiger charge is 2.25. The van der Waals surface area contributed by atoms with Gasteiger partial charge in [-0.1, -0.05) is 24.3 Å². The summed E-state index contributed by atoms with van der Waals surface area (Å²) in [5.74, 6) is -2.44. The Morgan fingerprint density at radius 1 is 0.878 bits per heavy atom. The molecule has 0 spiro atoms. The second kappa shape index (κ2) is 20.0. The maximum absolute atomic E-state index is 13.0. The standard InChI is InChI=1S/C26H43N9O5S/c27-25(28)32-11-1-3-19(23(38)35-21(15-41)24(39)40)9-10-20(4-2-12-33-26(29)30)34-22(37)13-17-5-7-18(8-6-17)14-31-16-36/h5-8,16,19-21,41H,1-4,9-15H2,(H,31,36)(H,34,37)(H,35,38)(H,39,40)(H4,27,28,32)(H4,29,30,33)/t19-,20+,21+/m1/s1. The Balaban J connectivity index is 2.91. The van der Waals surface area contributed by atoms with Gasteiger partial charge in [0, 0.05) is 37.3 Å². The van der Waals surface area contributed by atoms with E-state index in [0.717, 1.165) is 11.1 Å². The highest BCUT2D eigenvalue weighted by atomic mass is 32.1. The van der Waals surface area contributed by atoms with Crippen molar-refractivity contribution >= 4 is 48.7 Å². The number of carbonyl (C=O) groups is 4. The number of nitrogens with two attached hydrogens (primary N) is 4. The molecule has 0 bridgehead atoms. The van der Waals surface area contributed by atoms with Gasteiger partial charge in [-0.05, 0) is 49.7 Å². The quantitative estimate of drug-likeness (QED) is 0.0277. The number of benzene rings is 1. The largest absolute Gasteiger partial charge is 0.480 e. The Kier molecular flexibility index (Phi) is 17.0. The molecule has 0 saturated carbocycles. The van der Waals surface area contributed by atoms with Crippen LogP contribution < -0.4 is 38.9 Å². The number of aliphatic carboxylic acids is 1. The second-order valence-electron chi connectivity index (χ2n) is 9.51. The van der Waals surface area contributed by atoms with Gasteiger partial charge in [-0.2, -0.15) is 12.6 Å². The van der Waals surface area contributed by atoms with E-state index in [2.05, 4.69) is 38.6 Å². The average Bonchev–Trinajstić information content (AvgIpc) is 2.92. The van der Waals surface area contributed by atoms with Gasteiger partial charge < -0.3 is 44.0 Å². The third-order valence-electron chi connectivity index (χ3n) is 6.18. The van der Waals surface area contributed by atoms with Crippen LogP contribution in [0, 0.1) is 5.92 Å². The minimum absolute atomic E-state index is 0.0212. The molecule has 41 heavy (non-hydrogen) atoms. The number of guanidine groups is 2. The summed E-state index contributed by atoms with van der Waals surface area (Å²) in [6, 6.07) is 5.93. The van der Waals surface area contributed by atoms with E-state index in [9.17, 15) is 24.3 Å². The zero-order chi connectivity index (χ0) is 30.6. The van der Waals surface area contributed by atoms with Crippen molar-refractivity contribution in [3.8, 4) is 0 Å². The Labute approximate surface area is 245 Å². The smallest absolute Gasteiger partial charge is 0.327 e. The maximum atomic E-state index is 13.0. The van der Waals surface area contributed by atoms with Crippen LogP contribution in [0.3, 0.4) is 0 Å². The molecule has 0 radical (unpaired) electrons. The van der Waals surface area contributed by atoms with E-state index >= 15 is 0 Å². The van der Waals surface area contributed by atoms with E-state index in [1.165, 1.54) is 0 Å². The predicted octanol–water partition coefficient (Wildman–Crippen LogP) is -1.04. The lowest BCUT2D eigenvalue weighted by molar-refractivity contribution is -0.141. The molecule has 0 aliphatic carbocycles. The Hall–Kier alpha value is -4.01. The van der Waals surface area contributed by atoms with Crippen LogP contribution in [-0.2, 0) is 32.1 Å². The molecule has 15 heteroatoms. The van der Waals surface area contributed by atoms with Crippen molar-refractivity contribution < 1.29 is 24.3 Å². The number of hydrogen-bond acceptors (Lipinski definition) is 7. The van der Waals surface area contributed by atoms with Crippen molar-refractivity contribution in [1.82, 2.24) is 16.0 Å². The molecule has 1 aromatic rings. The number of hydrogen-bond donors (Lipinski definition) is 9. The fourth-order valence-electron chi connectivity index (χ4n) is 4.06. The normalized spacial score (nSPS) is 12.7. The van der Waals surface area contributed by atoms with E-state index < -0.39 is 23.8 Å². The number of carboxylic acid groups (broad SMARTS) is 1. The molecule has 0 aromatic heterocycles. The average molecular weight is 594 g/mol. The molecular formula is C26H43N9O5S. The fraction of sp³-hybridized carbons (Fsp3) is 0.538. The Morgan fingerprint density at radius 3 is 2.00 bits per heavy atom. The topological polar surface area (TPSA) is 253 Å². The number of aliphatic imine (C=N–C) groups is 2. The van der Waals surface area contributed by atoms with Crippen molar-refractivity contribution in [3.63, 3.8) is 0 Å². The molecule has 0 fully saturated rings. The first-order chi connectivity index (χ1) is 19.5. The number of carboxylic acids is 1. The molecular weight excluding hydrogens is 550 g/mol.